The number of amides is 1. The Bertz CT molecular complexity index is 670. The lowest BCUT2D eigenvalue weighted by Gasteiger charge is -2.33. The van der Waals surface area contributed by atoms with Gasteiger partial charge in [-0.05, 0) is 55.6 Å². The second kappa shape index (κ2) is 6.78. The zero-order chi connectivity index (χ0) is 15.7. The molecule has 1 amide bonds. The van der Waals surface area contributed by atoms with Crippen LogP contribution in [0.4, 0.5) is 4.39 Å². The third kappa shape index (κ3) is 3.42. The fourth-order valence-electron chi connectivity index (χ4n) is 2.32. The van der Waals surface area contributed by atoms with Crippen molar-refractivity contribution in [3.05, 3.63) is 54.8 Å². The lowest BCUT2D eigenvalue weighted by atomic mass is 10.1. The van der Waals surface area contributed by atoms with Crippen molar-refractivity contribution in [1.82, 2.24) is 4.90 Å². The van der Waals surface area contributed by atoms with Crippen LogP contribution in [0.5, 0.6) is 0 Å². The molecular formula is C15H12Br2FNO2S. The first kappa shape index (κ1) is 16.1. The molecule has 1 atom stereocenters. The Hall–Kier alpha value is -0.760. The predicted octanol–water partition coefficient (Wildman–Crippen LogP) is 4.63. The Morgan fingerprint density at radius 1 is 1.32 bits per heavy atom. The minimum Gasteiger partial charge on any atom is -0.370 e. The summed E-state index contributed by atoms with van der Waals surface area (Å²) in [7, 11) is 0. The molecule has 7 heteroatoms. The molecule has 0 saturated carbocycles. The Balaban J connectivity index is 1.75. The summed E-state index contributed by atoms with van der Waals surface area (Å²) in [5.41, 5.74) is 0.882. The average molecular weight is 449 g/mol. The number of rotatable bonds is 2. The van der Waals surface area contributed by atoms with Gasteiger partial charge in [0.2, 0.25) is 0 Å². The van der Waals surface area contributed by atoms with E-state index in [4.69, 9.17) is 4.74 Å². The Kier molecular flexibility index (Phi) is 4.97. The molecule has 1 aromatic heterocycles. The Morgan fingerprint density at radius 3 is 2.68 bits per heavy atom. The van der Waals surface area contributed by atoms with Gasteiger partial charge in [-0.25, -0.2) is 4.39 Å². The molecule has 116 valence electrons. The van der Waals surface area contributed by atoms with Crippen LogP contribution < -0.4 is 0 Å². The molecule has 1 aliphatic rings. The van der Waals surface area contributed by atoms with E-state index in [2.05, 4.69) is 31.9 Å². The maximum Gasteiger partial charge on any atom is 0.264 e. The van der Waals surface area contributed by atoms with Crippen LogP contribution in [0.3, 0.4) is 0 Å². The average Bonchev–Trinajstić information content (AvgIpc) is 2.87. The summed E-state index contributed by atoms with van der Waals surface area (Å²) in [5, 5.41) is 0. The van der Waals surface area contributed by atoms with Gasteiger partial charge in [-0.3, -0.25) is 4.79 Å². The van der Waals surface area contributed by atoms with Crippen molar-refractivity contribution in [2.45, 2.75) is 6.10 Å². The first-order chi connectivity index (χ1) is 10.5. The van der Waals surface area contributed by atoms with E-state index in [0.29, 0.717) is 24.6 Å². The van der Waals surface area contributed by atoms with Crippen molar-refractivity contribution in [1.29, 1.82) is 0 Å². The van der Waals surface area contributed by atoms with Crippen molar-refractivity contribution in [3.8, 4) is 0 Å². The van der Waals surface area contributed by atoms with E-state index in [9.17, 15) is 9.18 Å². The smallest absolute Gasteiger partial charge is 0.264 e. The number of morpholine rings is 1. The van der Waals surface area contributed by atoms with Crippen LogP contribution in [0.1, 0.15) is 21.3 Å². The largest absolute Gasteiger partial charge is 0.370 e. The summed E-state index contributed by atoms with van der Waals surface area (Å²) in [6.07, 6.45) is -0.217. The summed E-state index contributed by atoms with van der Waals surface area (Å²) in [6, 6.07) is 8.04. The molecule has 1 fully saturated rings. The van der Waals surface area contributed by atoms with Crippen LogP contribution in [-0.2, 0) is 4.74 Å². The standard InChI is InChI=1S/C15H12Br2FNO2S/c16-11-7-13(22-14(11)17)15(20)19-5-6-21-12(8-19)9-1-3-10(18)4-2-9/h1-4,7,12H,5-6,8H2/t12-/m1/s1. The zero-order valence-corrected chi connectivity index (χ0v) is 15.4. The molecule has 0 spiro atoms. The molecule has 0 unspecified atom stereocenters. The second-order valence-electron chi connectivity index (χ2n) is 4.89. The van der Waals surface area contributed by atoms with Gasteiger partial charge in [-0.15, -0.1) is 11.3 Å². The van der Waals surface area contributed by atoms with E-state index >= 15 is 0 Å². The third-order valence-corrected chi connectivity index (χ3v) is 6.70. The van der Waals surface area contributed by atoms with Crippen LogP contribution in [0.25, 0.3) is 0 Å². The Morgan fingerprint density at radius 2 is 2.05 bits per heavy atom. The molecule has 2 heterocycles. The topological polar surface area (TPSA) is 29.5 Å². The molecule has 0 aliphatic carbocycles. The lowest BCUT2D eigenvalue weighted by molar-refractivity contribution is -0.0226. The van der Waals surface area contributed by atoms with Gasteiger partial charge in [0, 0.05) is 11.0 Å². The van der Waals surface area contributed by atoms with Gasteiger partial charge >= 0.3 is 0 Å². The van der Waals surface area contributed by atoms with Crippen LogP contribution in [0.15, 0.2) is 38.6 Å². The molecule has 1 aliphatic heterocycles. The maximum atomic E-state index is 13.0. The van der Waals surface area contributed by atoms with E-state index in [0.717, 1.165) is 13.8 Å². The van der Waals surface area contributed by atoms with Crippen LogP contribution in [-0.4, -0.2) is 30.5 Å². The number of benzene rings is 1. The third-order valence-electron chi connectivity index (χ3n) is 3.45. The van der Waals surface area contributed by atoms with Crippen molar-refractivity contribution in [2.24, 2.45) is 0 Å². The summed E-state index contributed by atoms with van der Waals surface area (Å²) in [5.74, 6) is -0.285. The van der Waals surface area contributed by atoms with Crippen molar-refractivity contribution < 1.29 is 13.9 Å². The molecule has 1 saturated heterocycles. The summed E-state index contributed by atoms with van der Waals surface area (Å²) in [6.45, 7) is 1.50. The van der Waals surface area contributed by atoms with Crippen molar-refractivity contribution >= 4 is 49.1 Å². The fourth-order valence-corrected chi connectivity index (χ4v) is 4.32. The van der Waals surface area contributed by atoms with Gasteiger partial charge in [0.1, 0.15) is 11.9 Å². The molecule has 3 nitrogen and oxygen atoms in total. The molecule has 1 aromatic carbocycles. The van der Waals surface area contributed by atoms with Gasteiger partial charge in [0.15, 0.2) is 0 Å². The molecule has 0 radical (unpaired) electrons. The number of hydrogen-bond acceptors (Lipinski definition) is 3. The highest BCUT2D eigenvalue weighted by Gasteiger charge is 2.27. The Labute approximate surface area is 148 Å². The first-order valence-electron chi connectivity index (χ1n) is 6.66. The minimum absolute atomic E-state index is 0.00758. The number of halogens is 3. The summed E-state index contributed by atoms with van der Waals surface area (Å²) < 4.78 is 20.5. The van der Waals surface area contributed by atoms with Gasteiger partial charge in [0.25, 0.3) is 5.91 Å². The van der Waals surface area contributed by atoms with Crippen LogP contribution >= 0.6 is 43.2 Å². The molecule has 22 heavy (non-hydrogen) atoms. The van der Waals surface area contributed by atoms with Crippen LogP contribution in [0.2, 0.25) is 0 Å². The second-order valence-corrected chi connectivity index (χ2v) is 8.12. The monoisotopic (exact) mass is 447 g/mol. The normalized spacial score (nSPS) is 18.5. The highest BCUT2D eigenvalue weighted by Crippen LogP contribution is 2.33. The number of carbonyl (C=O) groups excluding carboxylic acids is 1. The maximum absolute atomic E-state index is 13.0. The first-order valence-corrected chi connectivity index (χ1v) is 9.06. The quantitative estimate of drug-likeness (QED) is 0.670. The molecule has 3 rings (SSSR count). The highest BCUT2D eigenvalue weighted by molar-refractivity contribution is 9.13. The number of thiophene rings is 1. The zero-order valence-electron chi connectivity index (χ0n) is 11.4. The summed E-state index contributed by atoms with van der Waals surface area (Å²) in [4.78, 5) is 15.0. The van der Waals surface area contributed by atoms with E-state index in [1.54, 1.807) is 17.0 Å². The number of hydrogen-bond donors (Lipinski definition) is 0. The number of nitrogens with zero attached hydrogens (tertiary/aromatic N) is 1. The van der Waals surface area contributed by atoms with Gasteiger partial charge in [-0.1, -0.05) is 12.1 Å². The van der Waals surface area contributed by atoms with Crippen LogP contribution in [0, 0.1) is 5.82 Å². The highest BCUT2D eigenvalue weighted by atomic mass is 79.9. The molecule has 0 N–H and O–H groups in total. The molecule has 2 aromatic rings. The minimum atomic E-state index is -0.277. The van der Waals surface area contributed by atoms with E-state index < -0.39 is 0 Å². The lowest BCUT2D eigenvalue weighted by Crippen LogP contribution is -2.42. The summed E-state index contributed by atoms with van der Waals surface area (Å²) >= 11 is 8.20. The number of ether oxygens (including phenoxy) is 1. The van der Waals surface area contributed by atoms with Gasteiger partial charge in [-0.2, -0.15) is 0 Å². The van der Waals surface area contributed by atoms with Crippen molar-refractivity contribution in [3.63, 3.8) is 0 Å². The SMILES string of the molecule is O=C(c1cc(Br)c(Br)s1)N1CCO[C@@H](c2ccc(F)cc2)C1. The van der Waals surface area contributed by atoms with E-state index in [1.807, 2.05) is 6.07 Å². The van der Waals surface area contributed by atoms with Crippen molar-refractivity contribution in [2.75, 3.05) is 19.7 Å². The van der Waals surface area contributed by atoms with Gasteiger partial charge in [0.05, 0.1) is 21.8 Å². The van der Waals surface area contributed by atoms with E-state index in [1.165, 1.54) is 23.5 Å². The molecule has 0 bridgehead atoms. The predicted molar refractivity (Wildman–Crippen MR) is 90.7 cm³/mol. The van der Waals surface area contributed by atoms with E-state index in [-0.39, 0.29) is 17.8 Å². The van der Waals surface area contributed by atoms with Gasteiger partial charge < -0.3 is 9.64 Å². The fraction of sp³-hybridized carbons (Fsp3) is 0.267. The molecular weight excluding hydrogens is 437 g/mol. The number of carbonyl (C=O) groups is 1.